The third kappa shape index (κ3) is 2.95. The van der Waals surface area contributed by atoms with Crippen molar-refractivity contribution in [3.05, 3.63) is 0 Å². The lowest BCUT2D eigenvalue weighted by Gasteiger charge is -2.24. The number of nitrogens with one attached hydrogen (secondary N) is 2. The molecule has 2 heterocycles. The van der Waals surface area contributed by atoms with Crippen molar-refractivity contribution in [1.29, 1.82) is 0 Å². The second-order valence-electron chi connectivity index (χ2n) is 4.87. The Kier molecular flexibility index (Phi) is 4.18. The quantitative estimate of drug-likeness (QED) is 0.743. The van der Waals surface area contributed by atoms with Crippen LogP contribution in [-0.4, -0.2) is 37.7 Å². The van der Waals surface area contributed by atoms with Crippen LogP contribution in [0.2, 0.25) is 0 Å². The molecule has 0 bridgehead atoms. The van der Waals surface area contributed by atoms with Crippen molar-refractivity contribution in [2.75, 3.05) is 19.7 Å². The maximum absolute atomic E-state index is 11.9. The van der Waals surface area contributed by atoms with Gasteiger partial charge in [-0.05, 0) is 39.2 Å². The number of carbonyl (C=O) groups is 1. The number of carbonyl (C=O) groups excluding carboxylic acids is 1. The molecule has 2 aliphatic heterocycles. The van der Waals surface area contributed by atoms with Gasteiger partial charge in [0.1, 0.15) is 0 Å². The third-order valence-electron chi connectivity index (χ3n) is 3.64. The molecule has 0 aromatic rings. The second kappa shape index (κ2) is 5.64. The van der Waals surface area contributed by atoms with Gasteiger partial charge in [0.15, 0.2) is 0 Å². The lowest BCUT2D eigenvalue weighted by molar-refractivity contribution is -0.126. The zero-order valence-electron chi connectivity index (χ0n) is 10.00. The van der Waals surface area contributed by atoms with E-state index < -0.39 is 0 Å². The highest BCUT2D eigenvalue weighted by Crippen LogP contribution is 2.16. The molecule has 1 amide bonds. The van der Waals surface area contributed by atoms with Gasteiger partial charge in [-0.1, -0.05) is 0 Å². The molecule has 92 valence electrons. The Morgan fingerprint density at radius 1 is 1.44 bits per heavy atom. The molecule has 2 N–H and O–H groups in total. The average Bonchev–Trinajstić information content (AvgIpc) is 2.74. The van der Waals surface area contributed by atoms with Crippen LogP contribution in [0.4, 0.5) is 0 Å². The van der Waals surface area contributed by atoms with Crippen molar-refractivity contribution in [1.82, 2.24) is 10.6 Å². The minimum Gasteiger partial charge on any atom is -0.376 e. The number of amides is 1. The molecule has 4 heteroatoms. The molecule has 0 spiro atoms. The topological polar surface area (TPSA) is 50.4 Å². The van der Waals surface area contributed by atoms with E-state index in [1.54, 1.807) is 0 Å². The molecule has 0 radical (unpaired) electrons. The molecular formula is C12H22N2O2. The first-order chi connectivity index (χ1) is 7.77. The fourth-order valence-electron chi connectivity index (χ4n) is 2.53. The summed E-state index contributed by atoms with van der Waals surface area (Å²) in [4.78, 5) is 11.9. The summed E-state index contributed by atoms with van der Waals surface area (Å²) in [5.41, 5.74) is 0. The fourth-order valence-corrected chi connectivity index (χ4v) is 2.53. The van der Waals surface area contributed by atoms with Gasteiger partial charge in [0, 0.05) is 19.2 Å². The molecule has 0 aromatic carbocycles. The standard InChI is InChI=1S/C12H22N2O2/c1-9-11(5-6-13-9)12(15)14-8-10-4-2-3-7-16-10/h9-11,13H,2-8H2,1H3,(H,14,15). The van der Waals surface area contributed by atoms with Gasteiger partial charge in [-0.25, -0.2) is 0 Å². The van der Waals surface area contributed by atoms with E-state index in [-0.39, 0.29) is 17.9 Å². The SMILES string of the molecule is CC1NCCC1C(=O)NCC1CCCCO1. The van der Waals surface area contributed by atoms with Crippen molar-refractivity contribution < 1.29 is 9.53 Å². The van der Waals surface area contributed by atoms with E-state index in [0.717, 1.165) is 32.4 Å². The van der Waals surface area contributed by atoms with Crippen LogP contribution in [0.25, 0.3) is 0 Å². The Labute approximate surface area is 97.1 Å². The van der Waals surface area contributed by atoms with Crippen molar-refractivity contribution in [2.24, 2.45) is 5.92 Å². The molecule has 0 aromatic heterocycles. The van der Waals surface area contributed by atoms with Crippen LogP contribution in [0.15, 0.2) is 0 Å². The summed E-state index contributed by atoms with van der Waals surface area (Å²) in [6.07, 6.45) is 4.66. The second-order valence-corrected chi connectivity index (χ2v) is 4.87. The normalized spacial score (nSPS) is 34.9. The molecule has 0 saturated carbocycles. The van der Waals surface area contributed by atoms with Crippen LogP contribution in [0.1, 0.15) is 32.6 Å². The lowest BCUT2D eigenvalue weighted by Crippen LogP contribution is -2.41. The van der Waals surface area contributed by atoms with Gasteiger partial charge < -0.3 is 15.4 Å². The van der Waals surface area contributed by atoms with Crippen LogP contribution in [0.3, 0.4) is 0 Å². The summed E-state index contributed by atoms with van der Waals surface area (Å²) in [6.45, 7) is 4.57. The molecule has 4 nitrogen and oxygen atoms in total. The van der Waals surface area contributed by atoms with Gasteiger partial charge in [-0.15, -0.1) is 0 Å². The van der Waals surface area contributed by atoms with Crippen molar-refractivity contribution >= 4 is 5.91 Å². The predicted molar refractivity (Wildman–Crippen MR) is 62.2 cm³/mol. The van der Waals surface area contributed by atoms with Crippen molar-refractivity contribution in [3.8, 4) is 0 Å². The van der Waals surface area contributed by atoms with Gasteiger partial charge in [0.2, 0.25) is 5.91 Å². The maximum atomic E-state index is 11.9. The van der Waals surface area contributed by atoms with Crippen LogP contribution in [-0.2, 0) is 9.53 Å². The Balaban J connectivity index is 1.70. The highest BCUT2D eigenvalue weighted by atomic mass is 16.5. The summed E-state index contributed by atoms with van der Waals surface area (Å²) in [5.74, 6) is 0.329. The molecule has 0 aliphatic carbocycles. The van der Waals surface area contributed by atoms with Crippen molar-refractivity contribution in [3.63, 3.8) is 0 Å². The Hall–Kier alpha value is -0.610. The van der Waals surface area contributed by atoms with Crippen LogP contribution in [0, 0.1) is 5.92 Å². The van der Waals surface area contributed by atoms with Crippen LogP contribution < -0.4 is 10.6 Å². The molecule has 2 saturated heterocycles. The van der Waals surface area contributed by atoms with Gasteiger partial charge in [-0.2, -0.15) is 0 Å². The fraction of sp³-hybridized carbons (Fsp3) is 0.917. The molecular weight excluding hydrogens is 204 g/mol. The van der Waals surface area contributed by atoms with Crippen LogP contribution in [0.5, 0.6) is 0 Å². The molecule has 2 aliphatic rings. The number of hydrogen-bond donors (Lipinski definition) is 2. The van der Waals surface area contributed by atoms with E-state index in [2.05, 4.69) is 17.6 Å². The zero-order valence-corrected chi connectivity index (χ0v) is 10.00. The summed E-state index contributed by atoms with van der Waals surface area (Å²) in [5, 5.41) is 6.32. The number of rotatable bonds is 3. The van der Waals surface area contributed by atoms with Crippen LogP contribution >= 0.6 is 0 Å². The summed E-state index contributed by atoms with van der Waals surface area (Å²) in [6, 6.07) is 0.312. The molecule has 2 rings (SSSR count). The highest BCUT2D eigenvalue weighted by molar-refractivity contribution is 5.79. The molecule has 3 atom stereocenters. The molecule has 2 fully saturated rings. The first-order valence-electron chi connectivity index (χ1n) is 6.40. The van der Waals surface area contributed by atoms with E-state index in [1.165, 1.54) is 6.42 Å². The smallest absolute Gasteiger partial charge is 0.224 e. The number of ether oxygens (including phenoxy) is 1. The molecule has 3 unspecified atom stereocenters. The van der Waals surface area contributed by atoms with Gasteiger partial charge in [-0.3, -0.25) is 4.79 Å². The Morgan fingerprint density at radius 2 is 2.31 bits per heavy atom. The summed E-state index contributed by atoms with van der Waals surface area (Å²) >= 11 is 0. The average molecular weight is 226 g/mol. The zero-order chi connectivity index (χ0) is 11.4. The van der Waals surface area contributed by atoms with E-state index in [4.69, 9.17) is 4.74 Å². The van der Waals surface area contributed by atoms with Crippen molar-refractivity contribution in [2.45, 2.75) is 44.8 Å². The third-order valence-corrected chi connectivity index (χ3v) is 3.64. The van der Waals surface area contributed by atoms with Gasteiger partial charge in [0.05, 0.1) is 12.0 Å². The maximum Gasteiger partial charge on any atom is 0.224 e. The first-order valence-corrected chi connectivity index (χ1v) is 6.40. The first kappa shape index (κ1) is 11.9. The van der Waals surface area contributed by atoms with Gasteiger partial charge in [0.25, 0.3) is 0 Å². The molecule has 16 heavy (non-hydrogen) atoms. The van der Waals surface area contributed by atoms with E-state index in [0.29, 0.717) is 12.6 Å². The number of hydrogen-bond acceptors (Lipinski definition) is 3. The van der Waals surface area contributed by atoms with E-state index in [9.17, 15) is 4.79 Å². The minimum absolute atomic E-state index is 0.142. The largest absolute Gasteiger partial charge is 0.376 e. The van der Waals surface area contributed by atoms with Gasteiger partial charge >= 0.3 is 0 Å². The predicted octanol–water partition coefficient (Wildman–Crippen LogP) is 0.670. The highest BCUT2D eigenvalue weighted by Gasteiger charge is 2.29. The lowest BCUT2D eigenvalue weighted by atomic mass is 10.0. The monoisotopic (exact) mass is 226 g/mol. The minimum atomic E-state index is 0.142. The van der Waals surface area contributed by atoms with E-state index in [1.807, 2.05) is 0 Å². The summed E-state index contributed by atoms with van der Waals surface area (Å²) < 4.78 is 5.59. The Morgan fingerprint density at radius 3 is 2.94 bits per heavy atom. The summed E-state index contributed by atoms with van der Waals surface area (Å²) in [7, 11) is 0. The Bertz CT molecular complexity index is 239. The van der Waals surface area contributed by atoms with E-state index >= 15 is 0 Å².